The standard InChI is InChI=1S/C15H20ClFN2/c1-4-5-6-10(2)19-14-8-7-12(17)9-13(14)18-15(19)11(3)16/h7-11H,4-6H2,1-3H3. The molecule has 1 aromatic heterocycles. The van der Waals surface area contributed by atoms with Gasteiger partial charge in [-0.25, -0.2) is 9.37 Å². The molecule has 0 amide bonds. The number of halogens is 2. The number of imidazole rings is 1. The maximum absolute atomic E-state index is 13.3. The zero-order valence-electron chi connectivity index (χ0n) is 11.7. The highest BCUT2D eigenvalue weighted by Gasteiger charge is 2.19. The lowest BCUT2D eigenvalue weighted by Crippen LogP contribution is -2.10. The Morgan fingerprint density at radius 1 is 1.37 bits per heavy atom. The van der Waals surface area contributed by atoms with Crippen molar-refractivity contribution in [1.29, 1.82) is 0 Å². The number of unbranched alkanes of at least 4 members (excludes halogenated alkanes) is 1. The Morgan fingerprint density at radius 3 is 2.74 bits per heavy atom. The predicted molar refractivity (Wildman–Crippen MR) is 78.2 cm³/mol. The molecule has 2 atom stereocenters. The molecule has 0 saturated carbocycles. The van der Waals surface area contributed by atoms with Gasteiger partial charge in [-0.1, -0.05) is 19.8 Å². The first kappa shape index (κ1) is 14.3. The van der Waals surface area contributed by atoms with Gasteiger partial charge in [-0.3, -0.25) is 0 Å². The highest BCUT2D eigenvalue weighted by molar-refractivity contribution is 6.20. The van der Waals surface area contributed by atoms with Crippen molar-refractivity contribution in [3.63, 3.8) is 0 Å². The molecule has 1 heterocycles. The van der Waals surface area contributed by atoms with Crippen LogP contribution in [-0.2, 0) is 0 Å². The van der Waals surface area contributed by atoms with Crippen LogP contribution in [0.1, 0.15) is 57.3 Å². The van der Waals surface area contributed by atoms with Crippen LogP contribution in [0.5, 0.6) is 0 Å². The summed E-state index contributed by atoms with van der Waals surface area (Å²) in [6.07, 6.45) is 3.41. The van der Waals surface area contributed by atoms with E-state index in [1.807, 2.05) is 6.92 Å². The van der Waals surface area contributed by atoms with E-state index in [0.29, 0.717) is 11.6 Å². The SMILES string of the molecule is CCCCC(C)n1c(C(C)Cl)nc2cc(F)ccc21. The van der Waals surface area contributed by atoms with Gasteiger partial charge >= 0.3 is 0 Å². The van der Waals surface area contributed by atoms with Gasteiger partial charge in [0.15, 0.2) is 0 Å². The molecule has 2 unspecified atom stereocenters. The predicted octanol–water partition coefficient (Wildman–Crippen LogP) is 5.23. The smallest absolute Gasteiger partial charge is 0.127 e. The normalized spacial score (nSPS) is 14.8. The van der Waals surface area contributed by atoms with Crippen molar-refractivity contribution in [2.24, 2.45) is 0 Å². The number of alkyl halides is 1. The van der Waals surface area contributed by atoms with E-state index in [1.165, 1.54) is 12.1 Å². The fourth-order valence-corrected chi connectivity index (χ4v) is 2.62. The van der Waals surface area contributed by atoms with Gasteiger partial charge < -0.3 is 4.57 Å². The second kappa shape index (κ2) is 5.91. The van der Waals surface area contributed by atoms with Crippen molar-refractivity contribution < 1.29 is 4.39 Å². The first-order valence-electron chi connectivity index (χ1n) is 6.86. The molecule has 0 spiro atoms. The van der Waals surface area contributed by atoms with Gasteiger partial charge in [-0.2, -0.15) is 0 Å². The van der Waals surface area contributed by atoms with Crippen LogP contribution in [0.2, 0.25) is 0 Å². The molecule has 1 aromatic carbocycles. The summed E-state index contributed by atoms with van der Waals surface area (Å²) in [5, 5.41) is -0.181. The third-order valence-corrected chi connectivity index (χ3v) is 3.65. The highest BCUT2D eigenvalue weighted by atomic mass is 35.5. The summed E-state index contributed by atoms with van der Waals surface area (Å²) in [6.45, 7) is 6.25. The zero-order chi connectivity index (χ0) is 14.0. The van der Waals surface area contributed by atoms with Crippen molar-refractivity contribution in [3.05, 3.63) is 29.8 Å². The van der Waals surface area contributed by atoms with Gasteiger partial charge in [0.1, 0.15) is 11.6 Å². The largest absolute Gasteiger partial charge is 0.324 e. The molecular formula is C15H20ClFN2. The third-order valence-electron chi connectivity index (χ3n) is 3.45. The summed E-state index contributed by atoms with van der Waals surface area (Å²) in [5.74, 6) is 0.568. The molecule has 0 fully saturated rings. The second-order valence-electron chi connectivity index (χ2n) is 5.08. The summed E-state index contributed by atoms with van der Waals surface area (Å²) in [6, 6.07) is 5.08. The number of aromatic nitrogens is 2. The van der Waals surface area contributed by atoms with Crippen LogP contribution in [0.15, 0.2) is 18.2 Å². The minimum atomic E-state index is -0.257. The molecule has 0 aliphatic heterocycles. The first-order valence-corrected chi connectivity index (χ1v) is 7.29. The Kier molecular flexibility index (Phi) is 4.46. The minimum Gasteiger partial charge on any atom is -0.324 e. The quantitative estimate of drug-likeness (QED) is 0.687. The lowest BCUT2D eigenvalue weighted by Gasteiger charge is -2.18. The van der Waals surface area contributed by atoms with E-state index in [1.54, 1.807) is 6.07 Å². The van der Waals surface area contributed by atoms with Gasteiger partial charge in [0.2, 0.25) is 0 Å². The van der Waals surface area contributed by atoms with Crippen LogP contribution >= 0.6 is 11.6 Å². The van der Waals surface area contributed by atoms with E-state index in [0.717, 1.165) is 30.6 Å². The number of hydrogen-bond donors (Lipinski definition) is 0. The van der Waals surface area contributed by atoms with Gasteiger partial charge in [-0.05, 0) is 32.4 Å². The van der Waals surface area contributed by atoms with Gasteiger partial charge in [0.25, 0.3) is 0 Å². The fraction of sp³-hybridized carbons (Fsp3) is 0.533. The molecular weight excluding hydrogens is 263 g/mol. The third kappa shape index (κ3) is 2.92. The molecule has 19 heavy (non-hydrogen) atoms. The Hall–Kier alpha value is -1.09. The molecule has 4 heteroatoms. The fourth-order valence-electron chi connectivity index (χ4n) is 2.46. The van der Waals surface area contributed by atoms with Crippen molar-refractivity contribution in [2.45, 2.75) is 51.5 Å². The van der Waals surface area contributed by atoms with E-state index in [-0.39, 0.29) is 11.2 Å². The maximum atomic E-state index is 13.3. The monoisotopic (exact) mass is 282 g/mol. The molecule has 0 bridgehead atoms. The lowest BCUT2D eigenvalue weighted by molar-refractivity contribution is 0.480. The number of benzene rings is 1. The molecule has 104 valence electrons. The van der Waals surface area contributed by atoms with Crippen LogP contribution < -0.4 is 0 Å². The van der Waals surface area contributed by atoms with Crippen LogP contribution in [0.3, 0.4) is 0 Å². The Morgan fingerprint density at radius 2 is 2.11 bits per heavy atom. The molecule has 0 saturated heterocycles. The Labute approximate surface area is 118 Å². The van der Waals surface area contributed by atoms with E-state index >= 15 is 0 Å². The van der Waals surface area contributed by atoms with Crippen LogP contribution in [0.4, 0.5) is 4.39 Å². The van der Waals surface area contributed by atoms with E-state index in [4.69, 9.17) is 11.6 Å². The molecule has 2 aromatic rings. The summed E-state index contributed by atoms with van der Waals surface area (Å²) in [4.78, 5) is 4.49. The molecule has 0 radical (unpaired) electrons. The number of hydrogen-bond acceptors (Lipinski definition) is 1. The summed E-state index contributed by atoms with van der Waals surface area (Å²) in [5.41, 5.74) is 1.65. The topological polar surface area (TPSA) is 17.8 Å². The average molecular weight is 283 g/mol. The zero-order valence-corrected chi connectivity index (χ0v) is 12.4. The van der Waals surface area contributed by atoms with Crippen LogP contribution in [-0.4, -0.2) is 9.55 Å². The molecule has 2 nitrogen and oxygen atoms in total. The molecule has 0 aliphatic carbocycles. The molecule has 0 aliphatic rings. The molecule has 0 N–H and O–H groups in total. The number of nitrogens with zero attached hydrogens (tertiary/aromatic N) is 2. The Bertz CT molecular complexity index is 563. The van der Waals surface area contributed by atoms with Gasteiger partial charge in [0.05, 0.1) is 16.4 Å². The van der Waals surface area contributed by atoms with Crippen molar-refractivity contribution >= 4 is 22.6 Å². The van der Waals surface area contributed by atoms with Gasteiger partial charge in [-0.15, -0.1) is 11.6 Å². The summed E-state index contributed by atoms with van der Waals surface area (Å²) in [7, 11) is 0. The minimum absolute atomic E-state index is 0.181. The summed E-state index contributed by atoms with van der Waals surface area (Å²) < 4.78 is 15.5. The van der Waals surface area contributed by atoms with E-state index < -0.39 is 0 Å². The first-order chi connectivity index (χ1) is 9.04. The van der Waals surface area contributed by atoms with Gasteiger partial charge in [0, 0.05) is 12.1 Å². The van der Waals surface area contributed by atoms with Crippen molar-refractivity contribution in [2.75, 3.05) is 0 Å². The van der Waals surface area contributed by atoms with Crippen molar-refractivity contribution in [1.82, 2.24) is 9.55 Å². The second-order valence-corrected chi connectivity index (χ2v) is 5.73. The Balaban J connectivity index is 2.51. The van der Waals surface area contributed by atoms with Crippen LogP contribution in [0, 0.1) is 5.82 Å². The van der Waals surface area contributed by atoms with E-state index in [2.05, 4.69) is 23.4 Å². The number of rotatable bonds is 5. The van der Waals surface area contributed by atoms with E-state index in [9.17, 15) is 4.39 Å². The summed E-state index contributed by atoms with van der Waals surface area (Å²) >= 11 is 6.22. The van der Waals surface area contributed by atoms with Crippen molar-refractivity contribution in [3.8, 4) is 0 Å². The highest BCUT2D eigenvalue weighted by Crippen LogP contribution is 2.30. The lowest BCUT2D eigenvalue weighted by atomic mass is 10.1. The average Bonchev–Trinajstić information content (AvgIpc) is 2.74. The maximum Gasteiger partial charge on any atom is 0.127 e. The molecule has 2 rings (SSSR count). The number of fused-ring (bicyclic) bond motifs is 1. The van der Waals surface area contributed by atoms with Crippen LogP contribution in [0.25, 0.3) is 11.0 Å².